The summed E-state index contributed by atoms with van der Waals surface area (Å²) in [5.41, 5.74) is 3.46. The first-order chi connectivity index (χ1) is 16.2. The number of rotatable bonds is 5. The van der Waals surface area contributed by atoms with Crippen LogP contribution >= 0.6 is 0 Å². The molecule has 0 aliphatic rings. The van der Waals surface area contributed by atoms with Crippen molar-refractivity contribution >= 4 is 39.8 Å². The lowest BCUT2D eigenvalue weighted by molar-refractivity contribution is -0.137. The van der Waals surface area contributed by atoms with Gasteiger partial charge in [-0.3, -0.25) is 9.78 Å². The number of benzene rings is 3. The number of allylic oxidation sites excluding steroid dienone is 1. The molecule has 1 N–H and O–H groups in total. The SMILES string of the molecule is [C-]#[N+]c1ccc(-c2ccc3ncc(/C=C/C(C)=O)c(Nc4cccc(C(F)(F)F)c4)c3c2)cc1. The third-order valence-electron chi connectivity index (χ3n) is 5.18. The number of pyridine rings is 1. The number of aromatic nitrogens is 1. The number of halogens is 3. The number of nitrogens with zero attached hydrogens (tertiary/aromatic N) is 2. The number of hydrogen-bond acceptors (Lipinski definition) is 3. The Balaban J connectivity index is 1.87. The molecule has 7 heteroatoms. The van der Waals surface area contributed by atoms with Crippen molar-refractivity contribution in [2.45, 2.75) is 13.1 Å². The van der Waals surface area contributed by atoms with Crippen molar-refractivity contribution in [2.24, 2.45) is 0 Å². The van der Waals surface area contributed by atoms with Gasteiger partial charge < -0.3 is 5.32 Å². The maximum Gasteiger partial charge on any atom is 0.416 e. The highest BCUT2D eigenvalue weighted by Crippen LogP contribution is 2.36. The zero-order valence-corrected chi connectivity index (χ0v) is 18.0. The normalized spacial score (nSPS) is 11.5. The zero-order valence-electron chi connectivity index (χ0n) is 18.0. The maximum absolute atomic E-state index is 13.2. The van der Waals surface area contributed by atoms with Crippen LogP contribution in [0.5, 0.6) is 0 Å². The Morgan fingerprint density at radius 1 is 1.03 bits per heavy atom. The molecule has 168 valence electrons. The second kappa shape index (κ2) is 9.20. The van der Waals surface area contributed by atoms with E-state index in [0.717, 1.165) is 23.3 Å². The van der Waals surface area contributed by atoms with E-state index in [4.69, 9.17) is 6.57 Å². The monoisotopic (exact) mass is 457 g/mol. The molecule has 0 radical (unpaired) electrons. The molecule has 0 fully saturated rings. The Bertz CT molecular complexity index is 1450. The van der Waals surface area contributed by atoms with Crippen LogP contribution in [0.25, 0.3) is 33.0 Å². The van der Waals surface area contributed by atoms with E-state index in [0.29, 0.717) is 27.8 Å². The summed E-state index contributed by atoms with van der Waals surface area (Å²) < 4.78 is 39.7. The van der Waals surface area contributed by atoms with Gasteiger partial charge in [0.2, 0.25) is 0 Å². The molecule has 4 rings (SSSR count). The van der Waals surface area contributed by atoms with Crippen molar-refractivity contribution in [1.29, 1.82) is 0 Å². The topological polar surface area (TPSA) is 46.4 Å². The summed E-state index contributed by atoms with van der Waals surface area (Å²) in [5, 5.41) is 3.78. The van der Waals surface area contributed by atoms with Crippen molar-refractivity contribution in [2.75, 3.05) is 5.32 Å². The summed E-state index contributed by atoms with van der Waals surface area (Å²) in [7, 11) is 0. The number of anilines is 2. The molecule has 34 heavy (non-hydrogen) atoms. The van der Waals surface area contributed by atoms with Crippen molar-refractivity contribution in [3.05, 3.63) is 102 Å². The van der Waals surface area contributed by atoms with E-state index in [1.165, 1.54) is 19.1 Å². The van der Waals surface area contributed by atoms with E-state index in [-0.39, 0.29) is 11.5 Å². The molecular formula is C27H18F3N3O. The smallest absolute Gasteiger partial charge is 0.354 e. The number of fused-ring (bicyclic) bond motifs is 1. The van der Waals surface area contributed by atoms with Crippen LogP contribution < -0.4 is 5.32 Å². The average Bonchev–Trinajstić information content (AvgIpc) is 2.83. The molecule has 3 aromatic carbocycles. The van der Waals surface area contributed by atoms with Crippen molar-refractivity contribution in [1.82, 2.24) is 4.98 Å². The number of hydrogen-bond donors (Lipinski definition) is 1. The fourth-order valence-electron chi connectivity index (χ4n) is 3.51. The highest BCUT2D eigenvalue weighted by atomic mass is 19.4. The molecular weight excluding hydrogens is 439 g/mol. The van der Waals surface area contributed by atoms with Gasteiger partial charge in [0.15, 0.2) is 11.5 Å². The molecule has 1 heterocycles. The largest absolute Gasteiger partial charge is 0.416 e. The molecule has 4 aromatic rings. The summed E-state index contributed by atoms with van der Waals surface area (Å²) in [5.74, 6) is -0.168. The van der Waals surface area contributed by atoms with Crippen LogP contribution in [0.1, 0.15) is 18.1 Å². The van der Waals surface area contributed by atoms with E-state index in [1.54, 1.807) is 30.5 Å². The summed E-state index contributed by atoms with van der Waals surface area (Å²) >= 11 is 0. The number of nitrogens with one attached hydrogen (secondary N) is 1. The van der Waals surface area contributed by atoms with Gasteiger partial charge in [0, 0.05) is 22.8 Å². The minimum Gasteiger partial charge on any atom is -0.354 e. The van der Waals surface area contributed by atoms with Gasteiger partial charge in [-0.2, -0.15) is 13.2 Å². The zero-order chi connectivity index (χ0) is 24.3. The van der Waals surface area contributed by atoms with Gasteiger partial charge in [-0.1, -0.05) is 36.4 Å². The molecule has 1 aromatic heterocycles. The molecule has 0 spiro atoms. The minimum atomic E-state index is -4.47. The molecule has 0 atom stereocenters. The average molecular weight is 457 g/mol. The van der Waals surface area contributed by atoms with Gasteiger partial charge in [-0.25, -0.2) is 4.85 Å². The first-order valence-electron chi connectivity index (χ1n) is 10.3. The fourth-order valence-corrected chi connectivity index (χ4v) is 3.51. The lowest BCUT2D eigenvalue weighted by atomic mass is 10.0. The van der Waals surface area contributed by atoms with Crippen LogP contribution in [0.2, 0.25) is 0 Å². The van der Waals surface area contributed by atoms with Crippen molar-refractivity contribution in [3.63, 3.8) is 0 Å². The van der Waals surface area contributed by atoms with Gasteiger partial charge in [0.25, 0.3) is 0 Å². The Morgan fingerprint density at radius 3 is 2.44 bits per heavy atom. The van der Waals surface area contributed by atoms with E-state index in [1.807, 2.05) is 30.3 Å². The second-order valence-electron chi connectivity index (χ2n) is 7.63. The van der Waals surface area contributed by atoms with Crippen LogP contribution in [0.4, 0.5) is 30.2 Å². The van der Waals surface area contributed by atoms with Gasteiger partial charge in [-0.15, -0.1) is 0 Å². The molecule has 0 amide bonds. The summed E-state index contributed by atoms with van der Waals surface area (Å²) in [4.78, 5) is 19.4. The highest BCUT2D eigenvalue weighted by molar-refractivity contribution is 6.01. The quantitative estimate of drug-likeness (QED) is 0.245. The number of alkyl halides is 3. The van der Waals surface area contributed by atoms with Crippen LogP contribution in [0.3, 0.4) is 0 Å². The van der Waals surface area contributed by atoms with E-state index < -0.39 is 11.7 Å². The lowest BCUT2D eigenvalue weighted by Gasteiger charge is -2.15. The molecule has 0 aliphatic carbocycles. The predicted octanol–water partition coefficient (Wildman–Crippen LogP) is 7.82. The van der Waals surface area contributed by atoms with Gasteiger partial charge in [0.05, 0.1) is 23.3 Å². The number of carbonyl (C=O) groups excluding carboxylic acids is 1. The standard InChI is InChI=1S/C27H18F3N3O/c1-17(34)6-7-20-16-32-25-13-10-19(18-8-11-22(31-2)12-9-18)14-24(25)26(20)33-23-5-3-4-21(15-23)27(28,29)30/h3-16H,1H3,(H,32,33)/b7-6+. The third kappa shape index (κ3) is 4.97. The van der Waals surface area contributed by atoms with E-state index >= 15 is 0 Å². The van der Waals surface area contributed by atoms with Gasteiger partial charge >= 0.3 is 6.18 Å². The van der Waals surface area contributed by atoms with Crippen LogP contribution in [0.15, 0.2) is 79.0 Å². The maximum atomic E-state index is 13.2. The Labute approximate surface area is 194 Å². The summed E-state index contributed by atoms with van der Waals surface area (Å²) in [6, 6.07) is 17.6. The van der Waals surface area contributed by atoms with Gasteiger partial charge in [0.1, 0.15) is 0 Å². The number of carbonyl (C=O) groups is 1. The fraction of sp³-hybridized carbons (Fsp3) is 0.0741. The molecule has 0 saturated carbocycles. The van der Waals surface area contributed by atoms with Crippen LogP contribution in [-0.2, 0) is 11.0 Å². The number of ketones is 1. The molecule has 0 aliphatic heterocycles. The first kappa shape index (κ1) is 22.7. The molecule has 0 unspecified atom stereocenters. The van der Waals surface area contributed by atoms with Crippen molar-refractivity contribution < 1.29 is 18.0 Å². The molecule has 4 nitrogen and oxygen atoms in total. The summed E-state index contributed by atoms with van der Waals surface area (Å²) in [6.45, 7) is 8.53. The van der Waals surface area contributed by atoms with E-state index in [9.17, 15) is 18.0 Å². The highest BCUT2D eigenvalue weighted by Gasteiger charge is 2.30. The lowest BCUT2D eigenvalue weighted by Crippen LogP contribution is -2.05. The van der Waals surface area contributed by atoms with Crippen LogP contribution in [-0.4, -0.2) is 10.8 Å². The van der Waals surface area contributed by atoms with Gasteiger partial charge in [-0.05, 0) is 60.5 Å². The first-order valence-corrected chi connectivity index (χ1v) is 10.3. The second-order valence-corrected chi connectivity index (χ2v) is 7.63. The predicted molar refractivity (Wildman–Crippen MR) is 128 cm³/mol. The van der Waals surface area contributed by atoms with Crippen molar-refractivity contribution in [3.8, 4) is 11.1 Å². The summed E-state index contributed by atoms with van der Waals surface area (Å²) in [6.07, 6.45) is 0.0665. The minimum absolute atomic E-state index is 0.168. The van der Waals surface area contributed by atoms with Crippen LogP contribution in [0, 0.1) is 6.57 Å². The Hall–Kier alpha value is -4.44. The Morgan fingerprint density at radius 2 is 1.76 bits per heavy atom. The van der Waals surface area contributed by atoms with E-state index in [2.05, 4.69) is 15.1 Å². The molecule has 0 saturated heterocycles. The molecule has 0 bridgehead atoms. The Kier molecular flexibility index (Phi) is 6.15. The third-order valence-corrected chi connectivity index (χ3v) is 5.18.